The largest absolute Gasteiger partial charge is 0.417 e. The number of halogens is 6. The summed E-state index contributed by atoms with van der Waals surface area (Å²) in [4.78, 5) is 3.28. The third-order valence-electron chi connectivity index (χ3n) is 1.58. The SMILES string of the molecule is Nc1nc(Br)cc(C(F)(F)F)c1C(F)F. The third kappa shape index (κ3) is 2.55. The Balaban J connectivity index is 3.47. The van der Waals surface area contributed by atoms with E-state index in [-0.39, 0.29) is 4.60 Å². The van der Waals surface area contributed by atoms with Crippen LogP contribution in [0.3, 0.4) is 0 Å². The number of pyridine rings is 1. The molecule has 0 atom stereocenters. The van der Waals surface area contributed by atoms with Crippen molar-refractivity contribution in [3.8, 4) is 0 Å². The molecule has 0 aromatic carbocycles. The summed E-state index contributed by atoms with van der Waals surface area (Å²) >= 11 is 2.65. The predicted octanol–water partition coefficient (Wildman–Crippen LogP) is 3.38. The minimum Gasteiger partial charge on any atom is -0.383 e. The van der Waals surface area contributed by atoms with Crippen LogP contribution in [0.2, 0.25) is 0 Å². The zero-order valence-corrected chi connectivity index (χ0v) is 8.53. The highest BCUT2D eigenvalue weighted by molar-refractivity contribution is 9.10. The second kappa shape index (κ2) is 3.92. The molecular weight excluding hydrogens is 287 g/mol. The lowest BCUT2D eigenvalue weighted by atomic mass is 10.1. The summed E-state index contributed by atoms with van der Waals surface area (Å²) in [7, 11) is 0. The molecule has 1 aromatic rings. The number of hydrogen-bond donors (Lipinski definition) is 1. The lowest BCUT2D eigenvalue weighted by molar-refractivity contribution is -0.139. The molecule has 1 heterocycles. The molecule has 0 fully saturated rings. The zero-order chi connectivity index (χ0) is 11.8. The van der Waals surface area contributed by atoms with Gasteiger partial charge in [0, 0.05) is 0 Å². The summed E-state index contributed by atoms with van der Waals surface area (Å²) < 4.78 is 61.4. The topological polar surface area (TPSA) is 38.9 Å². The average molecular weight is 291 g/mol. The maximum absolute atomic E-state index is 12.3. The Kier molecular flexibility index (Phi) is 3.17. The normalized spacial score (nSPS) is 12.2. The van der Waals surface area contributed by atoms with Gasteiger partial charge in [-0.1, -0.05) is 0 Å². The van der Waals surface area contributed by atoms with Crippen LogP contribution in [0.5, 0.6) is 0 Å². The molecule has 0 aliphatic rings. The van der Waals surface area contributed by atoms with Crippen LogP contribution < -0.4 is 5.73 Å². The van der Waals surface area contributed by atoms with E-state index in [2.05, 4.69) is 20.9 Å². The summed E-state index contributed by atoms with van der Waals surface area (Å²) in [5.74, 6) is -0.827. The number of aromatic nitrogens is 1. The van der Waals surface area contributed by atoms with E-state index in [1.165, 1.54) is 0 Å². The van der Waals surface area contributed by atoms with Gasteiger partial charge in [-0.05, 0) is 22.0 Å². The smallest absolute Gasteiger partial charge is 0.383 e. The number of hydrogen-bond acceptors (Lipinski definition) is 2. The molecule has 0 aliphatic heterocycles. The van der Waals surface area contributed by atoms with Gasteiger partial charge in [0.1, 0.15) is 10.4 Å². The Morgan fingerprint density at radius 2 is 1.87 bits per heavy atom. The lowest BCUT2D eigenvalue weighted by Crippen LogP contribution is -2.13. The number of rotatable bonds is 1. The summed E-state index contributed by atoms with van der Waals surface area (Å²) in [6.07, 6.45) is -8.20. The molecule has 0 saturated heterocycles. The van der Waals surface area contributed by atoms with Gasteiger partial charge in [0.05, 0.1) is 11.1 Å². The second-order valence-corrected chi connectivity index (χ2v) is 3.40. The van der Waals surface area contributed by atoms with E-state index in [1.807, 2.05) is 0 Å². The minimum absolute atomic E-state index is 0.239. The first-order valence-electron chi connectivity index (χ1n) is 3.54. The molecule has 0 bridgehead atoms. The van der Waals surface area contributed by atoms with Gasteiger partial charge in [0.15, 0.2) is 0 Å². The highest BCUT2D eigenvalue weighted by Crippen LogP contribution is 2.39. The van der Waals surface area contributed by atoms with Gasteiger partial charge in [-0.25, -0.2) is 13.8 Å². The van der Waals surface area contributed by atoms with Crippen LogP contribution in [0.15, 0.2) is 10.7 Å². The monoisotopic (exact) mass is 290 g/mol. The average Bonchev–Trinajstić information content (AvgIpc) is 1.99. The van der Waals surface area contributed by atoms with Gasteiger partial charge in [-0.15, -0.1) is 0 Å². The van der Waals surface area contributed by atoms with E-state index >= 15 is 0 Å². The van der Waals surface area contributed by atoms with Crippen LogP contribution in [0.25, 0.3) is 0 Å². The van der Waals surface area contributed by atoms with Crippen molar-refractivity contribution in [2.45, 2.75) is 12.6 Å². The predicted molar refractivity (Wildman–Crippen MR) is 46.3 cm³/mol. The Hall–Kier alpha value is -0.920. The van der Waals surface area contributed by atoms with Crippen LogP contribution in [-0.4, -0.2) is 4.98 Å². The molecule has 0 unspecified atom stereocenters. The van der Waals surface area contributed by atoms with Crippen LogP contribution >= 0.6 is 15.9 Å². The van der Waals surface area contributed by atoms with Crippen molar-refractivity contribution in [3.05, 3.63) is 21.8 Å². The molecule has 0 amide bonds. The Morgan fingerprint density at radius 1 is 1.33 bits per heavy atom. The molecule has 1 rings (SSSR count). The highest BCUT2D eigenvalue weighted by Gasteiger charge is 2.37. The molecule has 8 heteroatoms. The number of anilines is 1. The Bertz CT molecular complexity index is 376. The van der Waals surface area contributed by atoms with E-state index in [9.17, 15) is 22.0 Å². The first kappa shape index (κ1) is 12.2. The molecule has 15 heavy (non-hydrogen) atoms. The van der Waals surface area contributed by atoms with E-state index in [4.69, 9.17) is 5.73 Å². The van der Waals surface area contributed by atoms with Crippen molar-refractivity contribution in [1.82, 2.24) is 4.98 Å². The molecule has 2 N–H and O–H groups in total. The van der Waals surface area contributed by atoms with Crippen LogP contribution in [0.4, 0.5) is 27.8 Å². The van der Waals surface area contributed by atoms with Crippen LogP contribution in [-0.2, 0) is 6.18 Å². The van der Waals surface area contributed by atoms with E-state index in [1.54, 1.807) is 0 Å². The number of nitrogen functional groups attached to an aromatic ring is 1. The van der Waals surface area contributed by atoms with Crippen molar-refractivity contribution >= 4 is 21.7 Å². The van der Waals surface area contributed by atoms with Crippen LogP contribution in [0, 0.1) is 0 Å². The Labute approximate surface area is 89.4 Å². The number of nitrogens with two attached hydrogens (primary N) is 1. The van der Waals surface area contributed by atoms with Gasteiger partial charge >= 0.3 is 6.18 Å². The van der Waals surface area contributed by atoms with Crippen molar-refractivity contribution in [2.24, 2.45) is 0 Å². The second-order valence-electron chi connectivity index (χ2n) is 2.59. The van der Waals surface area contributed by atoms with Crippen molar-refractivity contribution in [1.29, 1.82) is 0 Å². The van der Waals surface area contributed by atoms with Gasteiger partial charge < -0.3 is 5.73 Å². The fraction of sp³-hybridized carbons (Fsp3) is 0.286. The minimum atomic E-state index is -4.88. The quantitative estimate of drug-likeness (QED) is 0.636. The summed E-state index contributed by atoms with van der Waals surface area (Å²) in [5.41, 5.74) is 2.24. The molecule has 0 spiro atoms. The van der Waals surface area contributed by atoms with Crippen molar-refractivity contribution in [3.63, 3.8) is 0 Å². The van der Waals surface area contributed by atoms with E-state index in [0.29, 0.717) is 6.07 Å². The first-order valence-corrected chi connectivity index (χ1v) is 4.34. The number of nitrogens with zero attached hydrogens (tertiary/aromatic N) is 1. The molecule has 1 aromatic heterocycles. The van der Waals surface area contributed by atoms with Crippen molar-refractivity contribution in [2.75, 3.05) is 5.73 Å². The summed E-state index contributed by atoms with van der Waals surface area (Å²) in [5, 5.41) is 0. The summed E-state index contributed by atoms with van der Waals surface area (Å²) in [6.45, 7) is 0. The molecule has 84 valence electrons. The van der Waals surface area contributed by atoms with Gasteiger partial charge in [-0.2, -0.15) is 13.2 Å². The lowest BCUT2D eigenvalue weighted by Gasteiger charge is -2.14. The van der Waals surface area contributed by atoms with Gasteiger partial charge in [0.2, 0.25) is 0 Å². The zero-order valence-electron chi connectivity index (χ0n) is 6.95. The first-order chi connectivity index (χ1) is 6.73. The molecule has 0 aliphatic carbocycles. The Morgan fingerprint density at radius 3 is 2.27 bits per heavy atom. The van der Waals surface area contributed by atoms with E-state index < -0.39 is 29.5 Å². The van der Waals surface area contributed by atoms with Gasteiger partial charge in [0.25, 0.3) is 6.43 Å². The van der Waals surface area contributed by atoms with E-state index in [0.717, 1.165) is 0 Å². The van der Waals surface area contributed by atoms with Crippen LogP contribution in [0.1, 0.15) is 17.6 Å². The van der Waals surface area contributed by atoms with Gasteiger partial charge in [-0.3, -0.25) is 0 Å². The molecular formula is C7H4BrF5N2. The maximum atomic E-state index is 12.3. The standard InChI is InChI=1S/C7H4BrF5N2/c8-3-1-2(7(11,12)13)4(5(9)10)6(14)15-3/h1,5H,(H2,14,15). The fourth-order valence-electron chi connectivity index (χ4n) is 1.01. The third-order valence-corrected chi connectivity index (χ3v) is 1.99. The highest BCUT2D eigenvalue weighted by atomic mass is 79.9. The molecule has 0 saturated carbocycles. The number of alkyl halides is 5. The molecule has 2 nitrogen and oxygen atoms in total. The maximum Gasteiger partial charge on any atom is 0.417 e. The fourth-order valence-corrected chi connectivity index (χ4v) is 1.43. The summed E-state index contributed by atoms with van der Waals surface area (Å²) in [6, 6.07) is 0.470. The van der Waals surface area contributed by atoms with Crippen molar-refractivity contribution < 1.29 is 22.0 Å². The molecule has 0 radical (unpaired) electrons.